The van der Waals surface area contributed by atoms with Crippen LogP contribution in [0, 0.1) is 25.5 Å². The molecule has 0 unspecified atom stereocenters. The summed E-state index contributed by atoms with van der Waals surface area (Å²) in [6, 6.07) is 7.74. The first-order chi connectivity index (χ1) is 9.95. The highest BCUT2D eigenvalue weighted by molar-refractivity contribution is 6.34. The Morgan fingerprint density at radius 3 is 2.52 bits per heavy atom. The van der Waals surface area contributed by atoms with Crippen LogP contribution in [0.5, 0.6) is 0 Å². The number of hydrogen-bond acceptors (Lipinski definition) is 2. The Morgan fingerprint density at radius 1 is 1.00 bits per heavy atom. The third-order valence-electron chi connectivity index (χ3n) is 3.31. The zero-order valence-corrected chi connectivity index (χ0v) is 12.2. The molecule has 3 rings (SSSR count). The molecule has 0 atom stereocenters. The summed E-state index contributed by atoms with van der Waals surface area (Å²) < 4.78 is 27.2. The van der Waals surface area contributed by atoms with Crippen LogP contribution < -0.4 is 0 Å². The van der Waals surface area contributed by atoms with Crippen LogP contribution in [-0.2, 0) is 0 Å². The van der Waals surface area contributed by atoms with E-state index in [0.717, 1.165) is 28.8 Å². The van der Waals surface area contributed by atoms with E-state index < -0.39 is 11.6 Å². The summed E-state index contributed by atoms with van der Waals surface area (Å²) >= 11 is 6.06. The predicted molar refractivity (Wildman–Crippen MR) is 79.4 cm³/mol. The molecule has 0 aliphatic heterocycles. The van der Waals surface area contributed by atoms with Crippen molar-refractivity contribution in [2.45, 2.75) is 13.8 Å². The number of aromatic nitrogens is 2. The van der Waals surface area contributed by atoms with E-state index in [1.807, 2.05) is 32.0 Å². The van der Waals surface area contributed by atoms with Gasteiger partial charge in [-0.05, 0) is 31.5 Å². The van der Waals surface area contributed by atoms with Gasteiger partial charge in [0.25, 0.3) is 0 Å². The molecule has 0 bridgehead atoms. The Bertz CT molecular complexity index is 863. The Kier molecular flexibility index (Phi) is 3.33. The van der Waals surface area contributed by atoms with Crippen LogP contribution in [0.4, 0.5) is 8.78 Å². The lowest BCUT2D eigenvalue weighted by molar-refractivity contribution is 0.590. The summed E-state index contributed by atoms with van der Waals surface area (Å²) in [5.74, 6) is -1.12. The van der Waals surface area contributed by atoms with Crippen molar-refractivity contribution in [2.75, 3.05) is 0 Å². The largest absolute Gasteiger partial charge is 0.225 e. The molecule has 0 spiro atoms. The maximum atomic E-state index is 13.9. The molecule has 0 fully saturated rings. The van der Waals surface area contributed by atoms with Gasteiger partial charge in [0.1, 0.15) is 16.5 Å². The van der Waals surface area contributed by atoms with E-state index in [2.05, 4.69) is 9.97 Å². The van der Waals surface area contributed by atoms with Gasteiger partial charge in [0.2, 0.25) is 0 Å². The summed E-state index contributed by atoms with van der Waals surface area (Å²) in [6.07, 6.45) is 0. The average Bonchev–Trinajstić information content (AvgIpc) is 2.42. The first-order valence-corrected chi connectivity index (χ1v) is 6.73. The molecule has 1 heterocycles. The van der Waals surface area contributed by atoms with Gasteiger partial charge >= 0.3 is 0 Å². The van der Waals surface area contributed by atoms with Crippen molar-refractivity contribution >= 4 is 22.5 Å². The molecular formula is C16H11ClF2N2. The number of halogens is 3. The Hall–Kier alpha value is -2.07. The summed E-state index contributed by atoms with van der Waals surface area (Å²) in [5.41, 5.74) is 2.79. The van der Waals surface area contributed by atoms with E-state index in [9.17, 15) is 8.78 Å². The molecule has 0 aliphatic carbocycles. The van der Waals surface area contributed by atoms with Crippen molar-refractivity contribution < 1.29 is 8.78 Å². The van der Waals surface area contributed by atoms with Crippen molar-refractivity contribution in [1.82, 2.24) is 9.97 Å². The summed E-state index contributed by atoms with van der Waals surface area (Å²) in [5, 5.41) is 0.206. The molecule has 3 aromatic rings. The van der Waals surface area contributed by atoms with Crippen molar-refractivity contribution in [3.8, 4) is 11.4 Å². The number of rotatable bonds is 1. The minimum absolute atomic E-state index is 0.0207. The summed E-state index contributed by atoms with van der Waals surface area (Å²) in [7, 11) is 0. The highest BCUT2D eigenvalue weighted by Gasteiger charge is 2.14. The van der Waals surface area contributed by atoms with Gasteiger partial charge in [0.05, 0.1) is 0 Å². The van der Waals surface area contributed by atoms with Crippen molar-refractivity contribution in [3.63, 3.8) is 0 Å². The lowest BCUT2D eigenvalue weighted by Crippen LogP contribution is -1.97. The third-order valence-corrected chi connectivity index (χ3v) is 3.59. The maximum absolute atomic E-state index is 13.9. The Labute approximate surface area is 125 Å². The van der Waals surface area contributed by atoms with Crippen LogP contribution in [0.15, 0.2) is 30.3 Å². The van der Waals surface area contributed by atoms with Gasteiger partial charge in [-0.25, -0.2) is 18.7 Å². The van der Waals surface area contributed by atoms with E-state index in [1.54, 1.807) is 0 Å². The second kappa shape index (κ2) is 5.04. The molecule has 0 radical (unpaired) electrons. The highest BCUT2D eigenvalue weighted by Crippen LogP contribution is 2.29. The van der Waals surface area contributed by atoms with Crippen LogP contribution in [-0.4, -0.2) is 9.97 Å². The SMILES string of the molecule is Cc1ccc(C)c(-c2nc(Cl)c3cc(F)cc(F)c3n2)c1. The lowest BCUT2D eigenvalue weighted by atomic mass is 10.0. The van der Waals surface area contributed by atoms with Crippen LogP contribution in [0.25, 0.3) is 22.3 Å². The van der Waals surface area contributed by atoms with Gasteiger partial charge in [0.15, 0.2) is 11.6 Å². The monoisotopic (exact) mass is 304 g/mol. The van der Waals surface area contributed by atoms with Gasteiger partial charge in [-0.1, -0.05) is 29.3 Å². The van der Waals surface area contributed by atoms with Gasteiger partial charge in [-0.15, -0.1) is 0 Å². The molecular weight excluding hydrogens is 294 g/mol. The van der Waals surface area contributed by atoms with Crippen molar-refractivity contribution in [3.05, 3.63) is 58.2 Å². The fourth-order valence-electron chi connectivity index (χ4n) is 2.22. The van der Waals surface area contributed by atoms with Crippen LogP contribution >= 0.6 is 11.6 Å². The number of fused-ring (bicyclic) bond motifs is 1. The second-order valence-corrected chi connectivity index (χ2v) is 5.30. The molecule has 21 heavy (non-hydrogen) atoms. The van der Waals surface area contributed by atoms with E-state index >= 15 is 0 Å². The predicted octanol–water partition coefficient (Wildman–Crippen LogP) is 4.85. The van der Waals surface area contributed by atoms with Gasteiger partial charge < -0.3 is 0 Å². The minimum atomic E-state index is -0.749. The first-order valence-electron chi connectivity index (χ1n) is 6.35. The molecule has 2 nitrogen and oxygen atoms in total. The number of nitrogens with zero attached hydrogens (tertiary/aromatic N) is 2. The molecule has 0 amide bonds. The van der Waals surface area contributed by atoms with Crippen LogP contribution in [0.1, 0.15) is 11.1 Å². The Morgan fingerprint density at radius 2 is 1.76 bits per heavy atom. The molecule has 0 saturated carbocycles. The molecule has 5 heteroatoms. The zero-order valence-electron chi connectivity index (χ0n) is 11.4. The maximum Gasteiger partial charge on any atom is 0.161 e. The summed E-state index contributed by atoms with van der Waals surface area (Å²) in [6.45, 7) is 3.86. The fraction of sp³-hybridized carbons (Fsp3) is 0.125. The molecule has 2 aromatic carbocycles. The second-order valence-electron chi connectivity index (χ2n) is 4.94. The topological polar surface area (TPSA) is 25.8 Å². The van der Waals surface area contributed by atoms with Crippen LogP contribution in [0.3, 0.4) is 0 Å². The normalized spacial score (nSPS) is 11.1. The highest BCUT2D eigenvalue weighted by atomic mass is 35.5. The van der Waals surface area contributed by atoms with Crippen LogP contribution in [0.2, 0.25) is 5.15 Å². The summed E-state index contributed by atoms with van der Waals surface area (Å²) in [4.78, 5) is 8.39. The van der Waals surface area contributed by atoms with Crippen molar-refractivity contribution in [1.29, 1.82) is 0 Å². The molecule has 0 N–H and O–H groups in total. The molecule has 1 aromatic heterocycles. The van der Waals surface area contributed by atoms with Gasteiger partial charge in [0, 0.05) is 17.0 Å². The lowest BCUT2D eigenvalue weighted by Gasteiger charge is -2.09. The molecule has 106 valence electrons. The smallest absolute Gasteiger partial charge is 0.161 e. The van der Waals surface area contributed by atoms with Gasteiger partial charge in [-0.2, -0.15) is 0 Å². The molecule has 0 saturated heterocycles. The van der Waals surface area contributed by atoms with E-state index in [0.29, 0.717) is 5.82 Å². The standard InChI is InChI=1S/C16H11ClF2N2/c1-8-3-4-9(2)11(5-8)16-20-14-12(15(17)21-16)6-10(18)7-13(14)19/h3-7H,1-2H3. The van der Waals surface area contributed by atoms with E-state index in [4.69, 9.17) is 11.6 Å². The fourth-order valence-corrected chi connectivity index (χ4v) is 2.44. The Balaban J connectivity index is 2.33. The molecule has 0 aliphatic rings. The van der Waals surface area contributed by atoms with Gasteiger partial charge in [-0.3, -0.25) is 0 Å². The van der Waals surface area contributed by atoms with Crippen molar-refractivity contribution in [2.24, 2.45) is 0 Å². The first kappa shape index (κ1) is 13.9. The van der Waals surface area contributed by atoms with E-state index in [-0.39, 0.29) is 16.1 Å². The number of benzene rings is 2. The van der Waals surface area contributed by atoms with E-state index in [1.165, 1.54) is 0 Å². The zero-order chi connectivity index (χ0) is 15.1. The number of aryl methyl sites for hydroxylation is 2. The quantitative estimate of drug-likeness (QED) is 0.601. The minimum Gasteiger partial charge on any atom is -0.225 e. The number of hydrogen-bond donors (Lipinski definition) is 0. The average molecular weight is 305 g/mol. The third kappa shape index (κ3) is 2.47.